The molecule has 0 radical (unpaired) electrons. The van der Waals surface area contributed by atoms with Crippen LogP contribution in [-0.4, -0.2) is 36.6 Å². The highest BCUT2D eigenvalue weighted by atomic mass is 16.7. The summed E-state index contributed by atoms with van der Waals surface area (Å²) in [4.78, 5) is 42.2. The summed E-state index contributed by atoms with van der Waals surface area (Å²) in [6.07, 6.45) is 4.32. The summed E-state index contributed by atoms with van der Waals surface area (Å²) in [6.45, 7) is 2.69. The lowest BCUT2D eigenvalue weighted by Gasteiger charge is -2.14. The zero-order valence-corrected chi connectivity index (χ0v) is 16.5. The Morgan fingerprint density at radius 2 is 1.62 bits per heavy atom. The third-order valence-electron chi connectivity index (χ3n) is 4.59. The van der Waals surface area contributed by atoms with E-state index in [1.165, 1.54) is 31.4 Å². The Hall–Kier alpha value is -3.35. The van der Waals surface area contributed by atoms with Gasteiger partial charge in [-0.1, -0.05) is 43.4 Å². The molecule has 1 aliphatic rings. The Labute approximate surface area is 169 Å². The second-order valence-electron chi connectivity index (χ2n) is 6.60. The van der Waals surface area contributed by atoms with Crippen LogP contribution in [0.3, 0.4) is 0 Å². The number of imide groups is 1. The zero-order valence-electron chi connectivity index (χ0n) is 16.5. The van der Waals surface area contributed by atoms with Gasteiger partial charge in [-0.05, 0) is 36.8 Å². The minimum Gasteiger partial charge on any atom is -0.493 e. The number of hydrogen-bond donors (Lipinski definition) is 0. The maximum absolute atomic E-state index is 12.5. The van der Waals surface area contributed by atoms with Crippen LogP contribution in [0, 0.1) is 0 Å². The van der Waals surface area contributed by atoms with E-state index in [1.54, 1.807) is 18.2 Å². The fourth-order valence-electron chi connectivity index (χ4n) is 3.01. The standard InChI is InChI=1S/C22H23NO6/c1-3-4-5-8-13-28-18-12-11-15(14-19(18)27-2)22(26)29-23-20(24)16-9-6-7-10-17(16)21(23)25/h6-7,9-12,14H,3-5,8,13H2,1-2H3. The predicted molar refractivity (Wildman–Crippen MR) is 105 cm³/mol. The first-order valence-corrected chi connectivity index (χ1v) is 9.57. The van der Waals surface area contributed by atoms with Gasteiger partial charge in [0.2, 0.25) is 0 Å². The lowest BCUT2D eigenvalue weighted by molar-refractivity contribution is -0.0584. The lowest BCUT2D eigenvalue weighted by atomic mass is 10.1. The fourth-order valence-corrected chi connectivity index (χ4v) is 3.01. The summed E-state index contributed by atoms with van der Waals surface area (Å²) in [5, 5.41) is 0.484. The molecule has 7 nitrogen and oxygen atoms in total. The van der Waals surface area contributed by atoms with E-state index < -0.39 is 17.8 Å². The van der Waals surface area contributed by atoms with Crippen LogP contribution in [-0.2, 0) is 4.84 Å². The molecular formula is C22H23NO6. The lowest BCUT2D eigenvalue weighted by Crippen LogP contribution is -2.32. The number of benzene rings is 2. The molecule has 152 valence electrons. The van der Waals surface area contributed by atoms with Gasteiger partial charge in [-0.3, -0.25) is 9.59 Å². The highest BCUT2D eigenvalue weighted by Crippen LogP contribution is 2.29. The Morgan fingerprint density at radius 3 is 2.24 bits per heavy atom. The van der Waals surface area contributed by atoms with E-state index in [1.807, 2.05) is 0 Å². The summed E-state index contributed by atoms with van der Waals surface area (Å²) in [5.41, 5.74) is 0.543. The van der Waals surface area contributed by atoms with Crippen LogP contribution >= 0.6 is 0 Å². The molecule has 2 amide bonds. The molecule has 0 bridgehead atoms. The van der Waals surface area contributed by atoms with Crippen molar-refractivity contribution in [3.05, 3.63) is 59.2 Å². The molecule has 0 atom stereocenters. The molecule has 1 heterocycles. The highest BCUT2D eigenvalue weighted by Gasteiger charge is 2.38. The van der Waals surface area contributed by atoms with E-state index >= 15 is 0 Å². The van der Waals surface area contributed by atoms with Crippen LogP contribution in [0.4, 0.5) is 0 Å². The number of nitrogens with zero attached hydrogens (tertiary/aromatic N) is 1. The van der Waals surface area contributed by atoms with Crippen LogP contribution in [0.5, 0.6) is 11.5 Å². The molecule has 1 aliphatic heterocycles. The molecule has 2 aromatic rings. The van der Waals surface area contributed by atoms with Crippen LogP contribution in [0.2, 0.25) is 0 Å². The van der Waals surface area contributed by atoms with Crippen molar-refractivity contribution in [1.82, 2.24) is 5.06 Å². The van der Waals surface area contributed by atoms with Gasteiger partial charge in [0.1, 0.15) is 0 Å². The van der Waals surface area contributed by atoms with E-state index in [2.05, 4.69) is 6.92 Å². The van der Waals surface area contributed by atoms with Crippen molar-refractivity contribution >= 4 is 17.8 Å². The summed E-state index contributed by atoms with van der Waals surface area (Å²) < 4.78 is 11.0. The van der Waals surface area contributed by atoms with Crippen molar-refractivity contribution in [3.63, 3.8) is 0 Å². The highest BCUT2D eigenvalue weighted by molar-refractivity contribution is 6.21. The quantitative estimate of drug-likeness (QED) is 0.469. The molecule has 29 heavy (non-hydrogen) atoms. The number of carbonyl (C=O) groups excluding carboxylic acids is 3. The van der Waals surface area contributed by atoms with Gasteiger partial charge in [0.05, 0.1) is 30.4 Å². The Bertz CT molecular complexity index is 888. The van der Waals surface area contributed by atoms with E-state index in [0.717, 1.165) is 25.7 Å². The third-order valence-corrected chi connectivity index (χ3v) is 4.59. The molecule has 7 heteroatoms. The molecule has 0 aliphatic carbocycles. The van der Waals surface area contributed by atoms with Gasteiger partial charge >= 0.3 is 5.97 Å². The number of fused-ring (bicyclic) bond motifs is 1. The number of hydrogen-bond acceptors (Lipinski definition) is 6. The van der Waals surface area contributed by atoms with Gasteiger partial charge < -0.3 is 14.3 Å². The SMILES string of the molecule is CCCCCCOc1ccc(C(=O)ON2C(=O)c3ccccc3C2=O)cc1OC. The minimum atomic E-state index is -0.840. The van der Waals surface area contributed by atoms with Gasteiger partial charge in [0, 0.05) is 0 Å². The van der Waals surface area contributed by atoms with Crippen molar-refractivity contribution in [3.8, 4) is 11.5 Å². The van der Waals surface area contributed by atoms with Gasteiger partial charge in [-0.25, -0.2) is 4.79 Å². The largest absolute Gasteiger partial charge is 0.493 e. The maximum atomic E-state index is 12.5. The summed E-state index contributed by atoms with van der Waals surface area (Å²) in [5.74, 6) is -1.29. The van der Waals surface area contributed by atoms with E-state index in [9.17, 15) is 14.4 Å². The average Bonchev–Trinajstić information content (AvgIpc) is 2.98. The van der Waals surface area contributed by atoms with Crippen molar-refractivity contribution in [2.75, 3.05) is 13.7 Å². The second kappa shape index (κ2) is 9.23. The van der Waals surface area contributed by atoms with Crippen molar-refractivity contribution in [2.45, 2.75) is 32.6 Å². The fraction of sp³-hybridized carbons (Fsp3) is 0.318. The van der Waals surface area contributed by atoms with E-state index in [-0.39, 0.29) is 16.7 Å². The number of ether oxygens (including phenoxy) is 2. The van der Waals surface area contributed by atoms with E-state index in [0.29, 0.717) is 23.2 Å². The van der Waals surface area contributed by atoms with Crippen LogP contribution < -0.4 is 9.47 Å². The normalized spacial score (nSPS) is 12.7. The Morgan fingerprint density at radius 1 is 0.931 bits per heavy atom. The number of unbranched alkanes of at least 4 members (excludes halogenated alkanes) is 3. The zero-order chi connectivity index (χ0) is 20.8. The van der Waals surface area contributed by atoms with Gasteiger partial charge in [0.25, 0.3) is 11.8 Å². The monoisotopic (exact) mass is 397 g/mol. The topological polar surface area (TPSA) is 82.1 Å². The van der Waals surface area contributed by atoms with Crippen molar-refractivity contribution < 1.29 is 28.7 Å². The van der Waals surface area contributed by atoms with Gasteiger partial charge in [0.15, 0.2) is 11.5 Å². The van der Waals surface area contributed by atoms with Crippen molar-refractivity contribution in [2.24, 2.45) is 0 Å². The average molecular weight is 397 g/mol. The molecule has 2 aromatic carbocycles. The van der Waals surface area contributed by atoms with Crippen LogP contribution in [0.15, 0.2) is 42.5 Å². The number of amides is 2. The van der Waals surface area contributed by atoms with Gasteiger partial charge in [-0.2, -0.15) is 0 Å². The Balaban J connectivity index is 1.67. The molecule has 0 aromatic heterocycles. The summed E-state index contributed by atoms with van der Waals surface area (Å²) in [7, 11) is 1.47. The number of rotatable bonds is 9. The molecule has 0 N–H and O–H groups in total. The van der Waals surface area contributed by atoms with E-state index in [4.69, 9.17) is 14.3 Å². The Kier molecular flexibility index (Phi) is 6.49. The first kappa shape index (κ1) is 20.4. The smallest absolute Gasteiger partial charge is 0.364 e. The second-order valence-corrected chi connectivity index (χ2v) is 6.60. The van der Waals surface area contributed by atoms with Crippen LogP contribution in [0.25, 0.3) is 0 Å². The van der Waals surface area contributed by atoms with Gasteiger partial charge in [-0.15, -0.1) is 0 Å². The number of carbonyl (C=O) groups is 3. The maximum Gasteiger partial charge on any atom is 0.364 e. The number of methoxy groups -OCH3 is 1. The molecule has 0 saturated carbocycles. The predicted octanol–water partition coefficient (Wildman–Crippen LogP) is 4.02. The molecule has 0 spiro atoms. The first-order valence-electron chi connectivity index (χ1n) is 9.57. The summed E-state index contributed by atoms with van der Waals surface area (Å²) in [6, 6.07) is 10.9. The van der Waals surface area contributed by atoms with Crippen LogP contribution in [0.1, 0.15) is 63.7 Å². The number of hydroxylamine groups is 2. The van der Waals surface area contributed by atoms with Crippen molar-refractivity contribution in [1.29, 1.82) is 0 Å². The summed E-state index contributed by atoms with van der Waals surface area (Å²) >= 11 is 0. The first-order chi connectivity index (χ1) is 14.1. The molecular weight excluding hydrogens is 374 g/mol. The molecule has 0 saturated heterocycles. The molecule has 0 fully saturated rings. The minimum absolute atomic E-state index is 0.136. The molecule has 0 unspecified atom stereocenters. The molecule has 3 rings (SSSR count). The third kappa shape index (κ3) is 4.39.